The first-order valence-corrected chi connectivity index (χ1v) is 8.53. The molecule has 2 aromatic carbocycles. The van der Waals surface area contributed by atoms with E-state index in [4.69, 9.17) is 11.6 Å². The lowest BCUT2D eigenvalue weighted by Gasteiger charge is -2.22. The third kappa shape index (κ3) is 4.83. The molecule has 2 rings (SSSR count). The molecule has 0 bridgehead atoms. The van der Waals surface area contributed by atoms with E-state index >= 15 is 0 Å². The Kier molecular flexibility index (Phi) is 6.41. The van der Waals surface area contributed by atoms with Crippen molar-refractivity contribution in [1.29, 1.82) is 0 Å². The lowest BCUT2D eigenvalue weighted by Crippen LogP contribution is -2.31. The minimum absolute atomic E-state index is 0.0325. The van der Waals surface area contributed by atoms with Gasteiger partial charge in [-0.15, -0.1) is 0 Å². The fourth-order valence-electron chi connectivity index (χ4n) is 2.64. The van der Waals surface area contributed by atoms with Gasteiger partial charge in [-0.2, -0.15) is 0 Å². The quantitative estimate of drug-likeness (QED) is 0.843. The summed E-state index contributed by atoms with van der Waals surface area (Å²) in [6, 6.07) is 13.5. The Balaban J connectivity index is 2.22. The molecule has 1 atom stereocenters. The van der Waals surface area contributed by atoms with Crippen molar-refractivity contribution < 1.29 is 4.79 Å². The smallest absolute Gasteiger partial charge is 0.252 e. The number of hydrogen-bond acceptors (Lipinski definition) is 2. The zero-order chi connectivity index (χ0) is 17.7. The highest BCUT2D eigenvalue weighted by atomic mass is 35.5. The van der Waals surface area contributed by atoms with Gasteiger partial charge in [-0.05, 0) is 75.8 Å². The van der Waals surface area contributed by atoms with E-state index in [1.165, 1.54) is 0 Å². The van der Waals surface area contributed by atoms with Crippen LogP contribution in [-0.4, -0.2) is 31.4 Å². The van der Waals surface area contributed by atoms with Crippen molar-refractivity contribution >= 4 is 17.5 Å². The van der Waals surface area contributed by atoms with E-state index in [0.29, 0.717) is 5.02 Å². The van der Waals surface area contributed by atoms with Crippen LogP contribution in [0.15, 0.2) is 42.5 Å². The number of hydrogen-bond donors (Lipinski definition) is 1. The summed E-state index contributed by atoms with van der Waals surface area (Å²) in [6.45, 7) is 4.90. The molecule has 0 aliphatic heterocycles. The van der Waals surface area contributed by atoms with Crippen LogP contribution in [0.2, 0.25) is 5.02 Å². The summed E-state index contributed by atoms with van der Waals surface area (Å²) in [7, 11) is 4.07. The first-order valence-electron chi connectivity index (χ1n) is 8.15. The molecule has 4 heteroatoms. The average molecular weight is 345 g/mol. The van der Waals surface area contributed by atoms with Crippen molar-refractivity contribution in [3.63, 3.8) is 0 Å². The molecule has 0 radical (unpaired) electrons. The molecule has 0 fully saturated rings. The number of nitrogens with one attached hydrogen (secondary N) is 1. The summed E-state index contributed by atoms with van der Waals surface area (Å²) in [6.07, 6.45) is 0.839. The molecule has 0 heterocycles. The van der Waals surface area contributed by atoms with Crippen LogP contribution in [0.4, 0.5) is 0 Å². The Morgan fingerprint density at radius 3 is 2.42 bits per heavy atom. The van der Waals surface area contributed by atoms with Gasteiger partial charge < -0.3 is 10.2 Å². The van der Waals surface area contributed by atoms with Crippen molar-refractivity contribution in [2.24, 2.45) is 0 Å². The molecule has 2 aromatic rings. The second-order valence-electron chi connectivity index (χ2n) is 6.42. The van der Waals surface area contributed by atoms with E-state index in [1.807, 2.05) is 70.4 Å². The minimum Gasteiger partial charge on any atom is -0.345 e. The van der Waals surface area contributed by atoms with Crippen LogP contribution >= 0.6 is 11.6 Å². The molecule has 3 nitrogen and oxygen atoms in total. The fraction of sp³-hybridized carbons (Fsp3) is 0.350. The number of carbonyl (C=O) groups excluding carboxylic acids is 1. The van der Waals surface area contributed by atoms with Gasteiger partial charge in [0.25, 0.3) is 5.91 Å². The molecule has 0 aliphatic carbocycles. The maximum absolute atomic E-state index is 12.8. The van der Waals surface area contributed by atoms with E-state index in [2.05, 4.69) is 10.2 Å². The molecule has 1 amide bonds. The molecule has 0 spiro atoms. The van der Waals surface area contributed by atoms with E-state index in [9.17, 15) is 4.79 Å². The second kappa shape index (κ2) is 8.32. The lowest BCUT2D eigenvalue weighted by atomic mass is 10.00. The van der Waals surface area contributed by atoms with Crippen molar-refractivity contribution in [2.45, 2.75) is 26.3 Å². The zero-order valence-electron chi connectivity index (χ0n) is 14.8. The van der Waals surface area contributed by atoms with Crippen molar-refractivity contribution in [2.75, 3.05) is 20.6 Å². The maximum atomic E-state index is 12.8. The Hall–Kier alpha value is -1.84. The highest BCUT2D eigenvalue weighted by molar-refractivity contribution is 6.30. The first-order chi connectivity index (χ1) is 11.4. The summed E-state index contributed by atoms with van der Waals surface area (Å²) >= 11 is 5.99. The molecule has 1 N–H and O–H groups in total. The Morgan fingerprint density at radius 1 is 1.12 bits per heavy atom. The molecule has 0 unspecified atom stereocenters. The van der Waals surface area contributed by atoms with E-state index < -0.39 is 0 Å². The number of rotatable bonds is 6. The van der Waals surface area contributed by atoms with Gasteiger partial charge in [-0.1, -0.05) is 35.9 Å². The summed E-state index contributed by atoms with van der Waals surface area (Å²) in [4.78, 5) is 14.9. The predicted octanol–water partition coefficient (Wildman–Crippen LogP) is 4.38. The number of amides is 1. The van der Waals surface area contributed by atoms with Gasteiger partial charge in [-0.3, -0.25) is 4.79 Å². The summed E-state index contributed by atoms with van der Waals surface area (Å²) in [5.74, 6) is -0.0325. The largest absolute Gasteiger partial charge is 0.345 e. The first kappa shape index (κ1) is 18.5. The van der Waals surface area contributed by atoms with Crippen LogP contribution in [0, 0.1) is 13.8 Å². The average Bonchev–Trinajstić information content (AvgIpc) is 2.54. The van der Waals surface area contributed by atoms with E-state index in [0.717, 1.165) is 35.2 Å². The van der Waals surface area contributed by atoms with Gasteiger partial charge >= 0.3 is 0 Å². The minimum atomic E-state index is -0.0444. The molecule has 0 aromatic heterocycles. The Labute approximate surface area is 149 Å². The molecular formula is C20H25ClN2O. The van der Waals surface area contributed by atoms with Gasteiger partial charge in [0.1, 0.15) is 0 Å². The molecule has 128 valence electrons. The van der Waals surface area contributed by atoms with Crippen LogP contribution < -0.4 is 5.32 Å². The molecule has 0 aliphatic rings. The lowest BCUT2D eigenvalue weighted by molar-refractivity contribution is 0.0932. The predicted molar refractivity (Wildman–Crippen MR) is 101 cm³/mol. The van der Waals surface area contributed by atoms with Gasteiger partial charge in [0.15, 0.2) is 0 Å². The topological polar surface area (TPSA) is 32.3 Å². The van der Waals surface area contributed by atoms with Gasteiger partial charge in [-0.25, -0.2) is 0 Å². The van der Waals surface area contributed by atoms with Gasteiger partial charge in [0.05, 0.1) is 6.04 Å². The summed E-state index contributed by atoms with van der Waals surface area (Å²) in [5.41, 5.74) is 3.95. The highest BCUT2D eigenvalue weighted by Gasteiger charge is 2.17. The third-order valence-corrected chi connectivity index (χ3v) is 4.54. The van der Waals surface area contributed by atoms with E-state index in [-0.39, 0.29) is 11.9 Å². The van der Waals surface area contributed by atoms with Crippen molar-refractivity contribution in [3.8, 4) is 0 Å². The van der Waals surface area contributed by atoms with Crippen LogP contribution in [0.5, 0.6) is 0 Å². The number of halogens is 1. The van der Waals surface area contributed by atoms with Crippen LogP contribution in [0.1, 0.15) is 39.5 Å². The second-order valence-corrected chi connectivity index (χ2v) is 6.85. The van der Waals surface area contributed by atoms with Gasteiger partial charge in [0.2, 0.25) is 0 Å². The molecular weight excluding hydrogens is 320 g/mol. The molecule has 24 heavy (non-hydrogen) atoms. The summed E-state index contributed by atoms with van der Waals surface area (Å²) < 4.78 is 0. The number of nitrogens with zero attached hydrogens (tertiary/aromatic N) is 1. The fourth-order valence-corrected chi connectivity index (χ4v) is 2.76. The SMILES string of the molecule is Cc1cccc(C(=O)N[C@H](CCN(C)C)c2ccc(Cl)cc2)c1C. The van der Waals surface area contributed by atoms with Crippen LogP contribution in [0.25, 0.3) is 0 Å². The normalized spacial score (nSPS) is 12.2. The maximum Gasteiger partial charge on any atom is 0.252 e. The molecule has 0 saturated carbocycles. The molecule has 0 saturated heterocycles. The van der Waals surface area contributed by atoms with Gasteiger partial charge in [0, 0.05) is 10.6 Å². The standard InChI is InChI=1S/C20H25ClN2O/c1-14-6-5-7-18(15(14)2)20(24)22-19(12-13-23(3)4)16-8-10-17(21)11-9-16/h5-11,19H,12-13H2,1-4H3,(H,22,24)/t19-/m1/s1. The third-order valence-electron chi connectivity index (χ3n) is 4.29. The van der Waals surface area contributed by atoms with E-state index in [1.54, 1.807) is 0 Å². The number of aryl methyl sites for hydroxylation is 1. The Morgan fingerprint density at radius 2 is 1.79 bits per heavy atom. The van der Waals surface area contributed by atoms with Crippen molar-refractivity contribution in [3.05, 3.63) is 69.7 Å². The van der Waals surface area contributed by atoms with Crippen molar-refractivity contribution in [1.82, 2.24) is 10.2 Å². The van der Waals surface area contributed by atoms with Crippen LogP contribution in [-0.2, 0) is 0 Å². The highest BCUT2D eigenvalue weighted by Crippen LogP contribution is 2.21. The Bertz CT molecular complexity index is 695. The number of carbonyl (C=O) groups is 1. The summed E-state index contributed by atoms with van der Waals surface area (Å²) in [5, 5.41) is 3.88. The zero-order valence-corrected chi connectivity index (χ0v) is 15.5. The monoisotopic (exact) mass is 344 g/mol. The number of benzene rings is 2. The van der Waals surface area contributed by atoms with Crippen LogP contribution in [0.3, 0.4) is 0 Å².